The SMILES string of the molecule is CC(C)(C)OC(=O)N[C@@H]1C(=O)N2[C@@H](C(=O)OC(c3ccccc3)c3ccccc3)C(C(Cc3ccncc3)=C3CCNC3=O)=CS[C@H]12. The third kappa shape index (κ3) is 6.95. The maximum absolute atomic E-state index is 14.6. The van der Waals surface area contributed by atoms with E-state index in [1.54, 1.807) is 33.2 Å². The average molecular weight is 653 g/mol. The molecule has 0 radical (unpaired) electrons. The monoisotopic (exact) mass is 652 g/mol. The lowest BCUT2D eigenvalue weighted by Crippen LogP contribution is -2.74. The number of alkyl carbamates (subject to hydrolysis) is 1. The van der Waals surface area contributed by atoms with Gasteiger partial charge in [0.2, 0.25) is 11.8 Å². The summed E-state index contributed by atoms with van der Waals surface area (Å²) >= 11 is 1.31. The number of hydrogen-bond acceptors (Lipinski definition) is 8. The maximum atomic E-state index is 14.6. The van der Waals surface area contributed by atoms with Crippen LogP contribution in [0.25, 0.3) is 0 Å². The zero-order chi connectivity index (χ0) is 33.1. The van der Waals surface area contributed by atoms with Crippen LogP contribution >= 0.6 is 11.8 Å². The van der Waals surface area contributed by atoms with Crippen LogP contribution in [0.2, 0.25) is 0 Å². The number of pyridine rings is 1. The Kier molecular flexibility index (Phi) is 9.17. The highest BCUT2D eigenvalue weighted by molar-refractivity contribution is 8.03. The van der Waals surface area contributed by atoms with Gasteiger partial charge in [0.05, 0.1) is 0 Å². The van der Waals surface area contributed by atoms with Gasteiger partial charge in [-0.15, -0.1) is 11.8 Å². The highest BCUT2D eigenvalue weighted by atomic mass is 32.2. The molecule has 0 unspecified atom stereocenters. The predicted octanol–water partition coefficient (Wildman–Crippen LogP) is 4.83. The molecule has 3 aliphatic rings. The first kappa shape index (κ1) is 32.1. The van der Waals surface area contributed by atoms with Crippen molar-refractivity contribution >= 4 is 35.6 Å². The summed E-state index contributed by atoms with van der Waals surface area (Å²) in [6.07, 6.45) is 2.69. The number of fused-ring (bicyclic) bond motifs is 1. The summed E-state index contributed by atoms with van der Waals surface area (Å²) in [7, 11) is 0. The fourth-order valence-corrected chi connectivity index (χ4v) is 7.22. The summed E-state index contributed by atoms with van der Waals surface area (Å²) in [5, 5.41) is 6.81. The Bertz CT molecular complexity index is 1680. The van der Waals surface area contributed by atoms with Crippen LogP contribution in [0.1, 0.15) is 50.0 Å². The van der Waals surface area contributed by atoms with E-state index >= 15 is 0 Å². The first-order valence-electron chi connectivity index (χ1n) is 15.5. The molecule has 0 bridgehead atoms. The van der Waals surface area contributed by atoms with Gasteiger partial charge < -0.3 is 25.0 Å². The molecule has 6 rings (SSSR count). The molecule has 2 aromatic carbocycles. The predicted molar refractivity (Wildman–Crippen MR) is 177 cm³/mol. The molecule has 0 spiro atoms. The van der Waals surface area contributed by atoms with Gasteiger partial charge in [-0.05, 0) is 79.0 Å². The second kappa shape index (κ2) is 13.4. The molecule has 10 nitrogen and oxygen atoms in total. The molecule has 1 aromatic heterocycles. The normalized spacial score (nSPS) is 21.7. The van der Waals surface area contributed by atoms with Gasteiger partial charge in [0.15, 0.2) is 12.1 Å². The molecule has 2 saturated heterocycles. The van der Waals surface area contributed by atoms with Gasteiger partial charge in [0.25, 0.3) is 0 Å². The lowest BCUT2D eigenvalue weighted by Gasteiger charge is -2.52. The Morgan fingerprint density at radius 1 is 1.00 bits per heavy atom. The van der Waals surface area contributed by atoms with E-state index in [-0.39, 0.29) is 5.91 Å². The van der Waals surface area contributed by atoms with Crippen LogP contribution < -0.4 is 10.6 Å². The highest BCUT2D eigenvalue weighted by Crippen LogP contribution is 2.44. The van der Waals surface area contributed by atoms with Crippen molar-refractivity contribution in [3.05, 3.63) is 124 Å². The number of rotatable bonds is 8. The van der Waals surface area contributed by atoms with E-state index in [0.29, 0.717) is 36.1 Å². The molecule has 3 aliphatic heterocycles. The molecule has 11 heteroatoms. The number of carbonyl (C=O) groups is 4. The molecule has 242 valence electrons. The van der Waals surface area contributed by atoms with Crippen molar-refractivity contribution in [3.63, 3.8) is 0 Å². The maximum Gasteiger partial charge on any atom is 0.408 e. The molecule has 2 N–H and O–H groups in total. The molecule has 3 aromatic rings. The number of hydrogen-bond donors (Lipinski definition) is 2. The Hall–Kier alpha value is -4.90. The molecule has 4 heterocycles. The van der Waals surface area contributed by atoms with Crippen LogP contribution in [-0.4, -0.2) is 63.4 Å². The summed E-state index contributed by atoms with van der Waals surface area (Å²) in [6.45, 7) is 5.70. The quantitative estimate of drug-likeness (QED) is 0.201. The second-order valence-electron chi connectivity index (χ2n) is 12.5. The van der Waals surface area contributed by atoms with E-state index in [4.69, 9.17) is 9.47 Å². The number of ether oxygens (including phenoxy) is 2. The lowest BCUT2D eigenvalue weighted by atomic mass is 9.86. The van der Waals surface area contributed by atoms with E-state index in [2.05, 4.69) is 15.6 Å². The number of benzene rings is 2. The van der Waals surface area contributed by atoms with Gasteiger partial charge >= 0.3 is 12.1 Å². The van der Waals surface area contributed by atoms with Crippen molar-refractivity contribution in [3.8, 4) is 0 Å². The van der Waals surface area contributed by atoms with Gasteiger partial charge in [0, 0.05) is 24.5 Å². The minimum absolute atomic E-state index is 0.208. The van der Waals surface area contributed by atoms with Gasteiger partial charge in [-0.1, -0.05) is 60.7 Å². The zero-order valence-corrected chi connectivity index (χ0v) is 27.2. The topological polar surface area (TPSA) is 127 Å². The van der Waals surface area contributed by atoms with Gasteiger partial charge in [-0.25, -0.2) is 9.59 Å². The molecule has 3 amide bonds. The van der Waals surface area contributed by atoms with Crippen molar-refractivity contribution < 1.29 is 28.7 Å². The number of amides is 3. The molecule has 47 heavy (non-hydrogen) atoms. The van der Waals surface area contributed by atoms with Crippen molar-refractivity contribution in [1.82, 2.24) is 20.5 Å². The lowest BCUT2D eigenvalue weighted by molar-refractivity contribution is -0.164. The first-order chi connectivity index (χ1) is 22.6. The third-order valence-corrected chi connectivity index (χ3v) is 9.27. The number of carbonyl (C=O) groups excluding carboxylic acids is 4. The van der Waals surface area contributed by atoms with Crippen molar-refractivity contribution in [2.75, 3.05) is 6.54 Å². The molecular weight excluding hydrogens is 616 g/mol. The molecule has 0 saturated carbocycles. The summed E-state index contributed by atoms with van der Waals surface area (Å²) < 4.78 is 11.7. The molecule has 2 fully saturated rings. The Morgan fingerprint density at radius 2 is 1.64 bits per heavy atom. The first-order valence-corrected chi connectivity index (χ1v) is 16.4. The molecule has 3 atom stereocenters. The average Bonchev–Trinajstić information content (AvgIpc) is 3.50. The van der Waals surface area contributed by atoms with E-state index in [1.165, 1.54) is 16.7 Å². The number of thioether (sulfide) groups is 1. The number of nitrogens with one attached hydrogen (secondary N) is 2. The third-order valence-electron chi connectivity index (χ3n) is 8.10. The van der Waals surface area contributed by atoms with Crippen LogP contribution in [-0.2, 0) is 30.3 Å². The highest BCUT2D eigenvalue weighted by Gasteiger charge is 2.57. The number of esters is 1. The van der Waals surface area contributed by atoms with Gasteiger partial charge in [-0.2, -0.15) is 0 Å². The summed E-state index contributed by atoms with van der Waals surface area (Å²) in [5.74, 6) is -1.30. The minimum atomic E-state index is -1.17. The van der Waals surface area contributed by atoms with Crippen LogP contribution in [0.15, 0.2) is 107 Å². The minimum Gasteiger partial charge on any atom is -0.451 e. The van der Waals surface area contributed by atoms with E-state index in [9.17, 15) is 19.2 Å². The smallest absolute Gasteiger partial charge is 0.408 e. The van der Waals surface area contributed by atoms with Crippen molar-refractivity contribution in [1.29, 1.82) is 0 Å². The van der Waals surface area contributed by atoms with Crippen LogP contribution in [0.4, 0.5) is 4.79 Å². The summed E-state index contributed by atoms with van der Waals surface area (Å²) in [5.41, 5.74) is 3.41. The fraction of sp³-hybridized carbons (Fsp3) is 0.306. The number of aromatic nitrogens is 1. The summed E-state index contributed by atoms with van der Waals surface area (Å²) in [6, 6.07) is 20.5. The Labute approximate surface area is 277 Å². The summed E-state index contributed by atoms with van der Waals surface area (Å²) in [4.78, 5) is 59.8. The molecule has 0 aliphatic carbocycles. The van der Waals surface area contributed by atoms with Crippen molar-refractivity contribution in [2.24, 2.45) is 0 Å². The Morgan fingerprint density at radius 3 is 2.21 bits per heavy atom. The van der Waals surface area contributed by atoms with Crippen molar-refractivity contribution in [2.45, 2.75) is 62.8 Å². The second-order valence-corrected chi connectivity index (χ2v) is 13.5. The van der Waals surface area contributed by atoms with E-state index in [0.717, 1.165) is 16.7 Å². The molecular formula is C36H36N4O6S. The number of β-lactam (4-membered cyclic amide) rings is 1. The van der Waals surface area contributed by atoms with Crippen LogP contribution in [0, 0.1) is 0 Å². The van der Waals surface area contributed by atoms with E-state index < -0.39 is 47.1 Å². The standard InChI is InChI=1S/C36H36N4O6S/c1-36(2,3)46-35(44)39-28-32(42)40-29(34(43)45-30(23-10-6-4-7-11-23)24-12-8-5-9-13-24)27(21-47-33(28)40)26(25-16-19-38-31(25)41)20-22-14-17-37-18-15-22/h4-15,17-18,21,28-30,33H,16,19-20H2,1-3H3,(H,38,41)(H,39,44)/t28-,29-,33-/m1/s1. The van der Waals surface area contributed by atoms with E-state index in [1.807, 2.05) is 78.2 Å². The number of nitrogens with zero attached hydrogens (tertiary/aromatic N) is 2. The Balaban J connectivity index is 1.40. The largest absolute Gasteiger partial charge is 0.451 e. The van der Waals surface area contributed by atoms with Crippen LogP contribution in [0.3, 0.4) is 0 Å². The van der Waals surface area contributed by atoms with Gasteiger partial charge in [-0.3, -0.25) is 14.6 Å². The van der Waals surface area contributed by atoms with Crippen LogP contribution in [0.5, 0.6) is 0 Å². The fourth-order valence-electron chi connectivity index (χ4n) is 5.97. The van der Waals surface area contributed by atoms with Gasteiger partial charge in [0.1, 0.15) is 17.0 Å². The zero-order valence-electron chi connectivity index (χ0n) is 26.3.